The van der Waals surface area contributed by atoms with Gasteiger partial charge in [-0.25, -0.2) is 0 Å². The lowest BCUT2D eigenvalue weighted by Crippen LogP contribution is -2.29. The van der Waals surface area contributed by atoms with Crippen molar-refractivity contribution < 1.29 is 9.90 Å². The SMILES string of the molecule is O=C1C=CC(CO)N1. The highest BCUT2D eigenvalue weighted by Crippen LogP contribution is 1.92. The number of hydrogen-bond acceptors (Lipinski definition) is 2. The van der Waals surface area contributed by atoms with Gasteiger partial charge in [0.2, 0.25) is 5.91 Å². The summed E-state index contributed by atoms with van der Waals surface area (Å²) >= 11 is 0. The van der Waals surface area contributed by atoms with Gasteiger partial charge in [0.25, 0.3) is 0 Å². The summed E-state index contributed by atoms with van der Waals surface area (Å²) in [6.45, 7) is -0.0117. The number of nitrogens with one attached hydrogen (secondary N) is 1. The van der Waals surface area contributed by atoms with Crippen LogP contribution in [-0.2, 0) is 4.79 Å². The van der Waals surface area contributed by atoms with E-state index < -0.39 is 0 Å². The molecule has 1 amide bonds. The Morgan fingerprint density at radius 1 is 1.88 bits per heavy atom. The molecule has 0 saturated carbocycles. The number of carbonyl (C=O) groups is 1. The first-order valence-corrected chi connectivity index (χ1v) is 2.42. The van der Waals surface area contributed by atoms with Crippen LogP contribution in [0, 0.1) is 0 Å². The lowest BCUT2D eigenvalue weighted by atomic mass is 10.3. The van der Waals surface area contributed by atoms with Crippen molar-refractivity contribution in [1.29, 1.82) is 0 Å². The van der Waals surface area contributed by atoms with Gasteiger partial charge in [-0.2, -0.15) is 0 Å². The summed E-state index contributed by atoms with van der Waals surface area (Å²) in [5.74, 6) is -0.121. The fourth-order valence-corrected chi connectivity index (χ4v) is 0.589. The standard InChI is InChI=1S/C5H7NO2/c7-3-4-1-2-5(8)6-4/h1-2,4,7H,3H2,(H,6,8). The molecule has 3 heteroatoms. The van der Waals surface area contributed by atoms with Crippen molar-refractivity contribution in [3.8, 4) is 0 Å². The minimum atomic E-state index is -0.150. The molecule has 0 bridgehead atoms. The van der Waals surface area contributed by atoms with Gasteiger partial charge in [-0.3, -0.25) is 4.79 Å². The normalized spacial score (nSPS) is 26.1. The Morgan fingerprint density at radius 3 is 2.88 bits per heavy atom. The highest BCUT2D eigenvalue weighted by atomic mass is 16.3. The van der Waals surface area contributed by atoms with Crippen LogP contribution in [0.15, 0.2) is 12.2 Å². The third kappa shape index (κ3) is 0.869. The second-order valence-corrected chi connectivity index (χ2v) is 1.66. The zero-order valence-corrected chi connectivity index (χ0v) is 4.29. The van der Waals surface area contributed by atoms with Crippen molar-refractivity contribution in [2.24, 2.45) is 0 Å². The van der Waals surface area contributed by atoms with Crippen LogP contribution in [0.2, 0.25) is 0 Å². The molecular formula is C5H7NO2. The molecule has 1 rings (SSSR count). The maximum absolute atomic E-state index is 10.3. The molecule has 0 spiro atoms. The number of hydrogen-bond donors (Lipinski definition) is 2. The predicted octanol–water partition coefficient (Wildman–Crippen LogP) is -0.967. The summed E-state index contributed by atoms with van der Waals surface area (Å²) in [7, 11) is 0. The Kier molecular flexibility index (Phi) is 1.30. The maximum Gasteiger partial charge on any atom is 0.244 e. The van der Waals surface area contributed by atoms with Crippen molar-refractivity contribution in [3.05, 3.63) is 12.2 Å². The number of aliphatic hydroxyl groups excluding tert-OH is 1. The Bertz CT molecular complexity index is 130. The van der Waals surface area contributed by atoms with Gasteiger partial charge in [-0.05, 0) is 0 Å². The van der Waals surface area contributed by atoms with Gasteiger partial charge in [0.05, 0.1) is 12.6 Å². The van der Waals surface area contributed by atoms with E-state index in [4.69, 9.17) is 5.11 Å². The van der Waals surface area contributed by atoms with Gasteiger partial charge in [0.15, 0.2) is 0 Å². The fourth-order valence-electron chi connectivity index (χ4n) is 0.589. The van der Waals surface area contributed by atoms with Gasteiger partial charge < -0.3 is 10.4 Å². The van der Waals surface area contributed by atoms with E-state index in [0.717, 1.165) is 0 Å². The van der Waals surface area contributed by atoms with Crippen LogP contribution in [0.4, 0.5) is 0 Å². The lowest BCUT2D eigenvalue weighted by molar-refractivity contribution is -0.116. The highest BCUT2D eigenvalue weighted by Gasteiger charge is 2.10. The molecule has 2 N–H and O–H groups in total. The first kappa shape index (κ1) is 5.31. The van der Waals surface area contributed by atoms with E-state index >= 15 is 0 Å². The van der Waals surface area contributed by atoms with Crippen LogP contribution in [0.25, 0.3) is 0 Å². The fraction of sp³-hybridized carbons (Fsp3) is 0.400. The second kappa shape index (κ2) is 1.96. The van der Waals surface area contributed by atoms with E-state index in [9.17, 15) is 4.79 Å². The third-order valence-corrected chi connectivity index (χ3v) is 1.00. The van der Waals surface area contributed by atoms with Gasteiger partial charge in [-0.1, -0.05) is 6.08 Å². The van der Waals surface area contributed by atoms with Crippen LogP contribution in [-0.4, -0.2) is 23.7 Å². The summed E-state index contributed by atoms with van der Waals surface area (Å²) in [6, 6.07) is -0.150. The molecular weight excluding hydrogens is 106 g/mol. The molecule has 0 aromatic carbocycles. The largest absolute Gasteiger partial charge is 0.394 e. The molecule has 1 heterocycles. The van der Waals surface area contributed by atoms with Crippen LogP contribution in [0.1, 0.15) is 0 Å². The van der Waals surface area contributed by atoms with E-state index in [2.05, 4.69) is 5.32 Å². The average Bonchev–Trinajstić information content (AvgIpc) is 2.14. The third-order valence-electron chi connectivity index (χ3n) is 1.00. The van der Waals surface area contributed by atoms with Gasteiger partial charge >= 0.3 is 0 Å². The predicted molar refractivity (Wildman–Crippen MR) is 28.2 cm³/mol. The minimum absolute atomic E-state index is 0.0117. The first-order valence-electron chi connectivity index (χ1n) is 2.42. The zero-order valence-electron chi connectivity index (χ0n) is 4.29. The smallest absolute Gasteiger partial charge is 0.244 e. The Balaban J connectivity index is 2.46. The van der Waals surface area contributed by atoms with E-state index in [1.807, 2.05) is 0 Å². The second-order valence-electron chi connectivity index (χ2n) is 1.66. The van der Waals surface area contributed by atoms with Gasteiger partial charge in [0, 0.05) is 6.08 Å². The zero-order chi connectivity index (χ0) is 5.98. The van der Waals surface area contributed by atoms with Gasteiger partial charge in [-0.15, -0.1) is 0 Å². The molecule has 3 nitrogen and oxygen atoms in total. The van der Waals surface area contributed by atoms with E-state index in [0.29, 0.717) is 0 Å². The highest BCUT2D eigenvalue weighted by molar-refractivity contribution is 5.90. The summed E-state index contributed by atoms with van der Waals surface area (Å²) in [6.07, 6.45) is 3.06. The van der Waals surface area contributed by atoms with Crippen molar-refractivity contribution >= 4 is 5.91 Å². The molecule has 0 aliphatic carbocycles. The maximum atomic E-state index is 10.3. The Hall–Kier alpha value is -0.830. The van der Waals surface area contributed by atoms with E-state index in [-0.39, 0.29) is 18.6 Å². The van der Waals surface area contributed by atoms with Gasteiger partial charge in [0.1, 0.15) is 0 Å². The quantitative estimate of drug-likeness (QED) is 0.460. The lowest BCUT2D eigenvalue weighted by Gasteiger charge is -2.00. The van der Waals surface area contributed by atoms with Crippen LogP contribution in [0.5, 0.6) is 0 Å². The van der Waals surface area contributed by atoms with Crippen molar-refractivity contribution in [2.45, 2.75) is 6.04 Å². The number of rotatable bonds is 1. The molecule has 1 unspecified atom stereocenters. The van der Waals surface area contributed by atoms with Crippen molar-refractivity contribution in [2.75, 3.05) is 6.61 Å². The molecule has 0 fully saturated rings. The number of aliphatic hydroxyl groups is 1. The average molecular weight is 113 g/mol. The molecule has 0 radical (unpaired) electrons. The molecule has 1 atom stereocenters. The van der Waals surface area contributed by atoms with Crippen molar-refractivity contribution in [1.82, 2.24) is 5.32 Å². The number of carbonyl (C=O) groups excluding carboxylic acids is 1. The Morgan fingerprint density at radius 2 is 2.62 bits per heavy atom. The van der Waals surface area contributed by atoms with E-state index in [1.54, 1.807) is 6.08 Å². The topological polar surface area (TPSA) is 49.3 Å². The van der Waals surface area contributed by atoms with Crippen LogP contribution in [0.3, 0.4) is 0 Å². The molecule has 0 saturated heterocycles. The Labute approximate surface area is 47.0 Å². The molecule has 44 valence electrons. The summed E-state index contributed by atoms with van der Waals surface area (Å²) < 4.78 is 0. The number of amides is 1. The van der Waals surface area contributed by atoms with Crippen molar-refractivity contribution in [3.63, 3.8) is 0 Å². The summed E-state index contributed by atoms with van der Waals surface area (Å²) in [5, 5.41) is 10.9. The molecule has 1 aliphatic rings. The molecule has 0 aromatic rings. The van der Waals surface area contributed by atoms with E-state index in [1.165, 1.54) is 6.08 Å². The monoisotopic (exact) mass is 113 g/mol. The molecule has 8 heavy (non-hydrogen) atoms. The van der Waals surface area contributed by atoms with Crippen LogP contribution >= 0.6 is 0 Å². The summed E-state index contributed by atoms with van der Waals surface area (Å²) in [5.41, 5.74) is 0. The minimum Gasteiger partial charge on any atom is -0.394 e. The first-order chi connectivity index (χ1) is 3.83. The molecule has 0 aromatic heterocycles. The summed E-state index contributed by atoms with van der Waals surface area (Å²) in [4.78, 5) is 10.3. The molecule has 1 aliphatic heterocycles. The van der Waals surface area contributed by atoms with Crippen LogP contribution < -0.4 is 5.32 Å².